The molecule has 1 saturated heterocycles. The largest absolute Gasteiger partial charge is 0.481 e. The Morgan fingerprint density at radius 2 is 1.90 bits per heavy atom. The Kier molecular flexibility index (Phi) is 5.32. The van der Waals surface area contributed by atoms with Crippen LogP contribution in [0.15, 0.2) is 42.5 Å². The molecule has 0 radical (unpaired) electrons. The predicted molar refractivity (Wildman–Crippen MR) is 103 cm³/mol. The summed E-state index contributed by atoms with van der Waals surface area (Å²) in [5.41, 5.74) is 1.37. The summed E-state index contributed by atoms with van der Waals surface area (Å²) in [6.45, 7) is 1.35. The number of anilines is 1. The molecule has 1 atom stereocenters. The van der Waals surface area contributed by atoms with Gasteiger partial charge in [0.2, 0.25) is 5.91 Å². The number of aromatic nitrogens is 5. The fraction of sp³-hybridized carbons (Fsp3) is 0.368. The van der Waals surface area contributed by atoms with Gasteiger partial charge in [0.1, 0.15) is 0 Å². The summed E-state index contributed by atoms with van der Waals surface area (Å²) in [6.07, 6.45) is 1.18. The highest BCUT2D eigenvalue weighted by molar-refractivity contribution is 5.80. The van der Waals surface area contributed by atoms with Crippen LogP contribution in [0.3, 0.4) is 0 Å². The first-order chi connectivity index (χ1) is 14.1. The van der Waals surface area contributed by atoms with Gasteiger partial charge in [-0.3, -0.25) is 9.59 Å². The molecule has 1 aliphatic heterocycles. The van der Waals surface area contributed by atoms with Crippen molar-refractivity contribution in [1.29, 1.82) is 0 Å². The lowest BCUT2D eigenvalue weighted by atomic mass is 9.94. The maximum absolute atomic E-state index is 12.8. The Morgan fingerprint density at radius 1 is 1.14 bits per heavy atom. The van der Waals surface area contributed by atoms with Gasteiger partial charge < -0.3 is 15.3 Å². The molecule has 2 N–H and O–H groups in total. The summed E-state index contributed by atoms with van der Waals surface area (Å²) in [7, 11) is 0. The number of nitrogens with zero attached hydrogens (tertiary/aromatic N) is 6. The van der Waals surface area contributed by atoms with Crippen LogP contribution in [0.2, 0.25) is 0 Å². The number of carboxylic acids is 1. The second-order valence-electron chi connectivity index (χ2n) is 7.05. The molecular weight excluding hydrogens is 374 g/mol. The zero-order chi connectivity index (χ0) is 20.2. The number of nitrogens with one attached hydrogen (secondary N) is 1. The number of hydrogen-bond acceptors (Lipinski definition) is 7. The van der Waals surface area contributed by atoms with Crippen LogP contribution in [-0.4, -0.2) is 55.3 Å². The number of rotatable bonds is 6. The van der Waals surface area contributed by atoms with E-state index in [1.807, 2.05) is 36.4 Å². The van der Waals surface area contributed by atoms with Gasteiger partial charge in [0, 0.05) is 19.0 Å². The van der Waals surface area contributed by atoms with E-state index >= 15 is 0 Å². The summed E-state index contributed by atoms with van der Waals surface area (Å²) < 4.78 is 1.38. The van der Waals surface area contributed by atoms with Crippen molar-refractivity contribution in [3.63, 3.8) is 0 Å². The molecule has 1 amide bonds. The number of benzene rings is 1. The van der Waals surface area contributed by atoms with E-state index in [0.717, 1.165) is 11.4 Å². The third-order valence-corrected chi connectivity index (χ3v) is 5.14. The quantitative estimate of drug-likeness (QED) is 0.635. The first kappa shape index (κ1) is 18.8. The molecule has 0 bridgehead atoms. The van der Waals surface area contributed by atoms with Crippen molar-refractivity contribution in [3.8, 4) is 0 Å². The molecule has 3 aromatic rings. The number of amides is 1. The van der Waals surface area contributed by atoms with Crippen molar-refractivity contribution in [2.75, 3.05) is 18.0 Å². The van der Waals surface area contributed by atoms with Crippen LogP contribution < -0.4 is 10.2 Å². The first-order valence-corrected chi connectivity index (χ1v) is 9.47. The van der Waals surface area contributed by atoms with Crippen LogP contribution in [0.1, 0.15) is 30.9 Å². The topological polar surface area (TPSA) is 126 Å². The molecule has 0 spiro atoms. The van der Waals surface area contributed by atoms with Crippen LogP contribution >= 0.6 is 0 Å². The van der Waals surface area contributed by atoms with Crippen molar-refractivity contribution in [2.45, 2.75) is 25.3 Å². The summed E-state index contributed by atoms with van der Waals surface area (Å²) >= 11 is 0. The smallest absolute Gasteiger partial charge is 0.305 e. The van der Waals surface area contributed by atoms with E-state index in [1.54, 1.807) is 6.07 Å². The number of carbonyl (C=O) groups excluding carboxylic acids is 1. The first-order valence-electron chi connectivity index (χ1n) is 9.47. The fourth-order valence-corrected chi connectivity index (χ4v) is 3.58. The number of piperidine rings is 1. The molecule has 1 unspecified atom stereocenters. The van der Waals surface area contributed by atoms with Crippen molar-refractivity contribution >= 4 is 23.3 Å². The second-order valence-corrected chi connectivity index (χ2v) is 7.05. The maximum atomic E-state index is 12.8. The van der Waals surface area contributed by atoms with Crippen LogP contribution in [0.5, 0.6) is 0 Å². The number of hydrogen-bond donors (Lipinski definition) is 2. The van der Waals surface area contributed by atoms with E-state index in [-0.39, 0.29) is 18.2 Å². The van der Waals surface area contributed by atoms with Crippen LogP contribution in [-0.2, 0) is 9.59 Å². The zero-order valence-electron chi connectivity index (χ0n) is 15.7. The third kappa shape index (κ3) is 4.31. The number of tetrazole rings is 1. The molecule has 10 heteroatoms. The van der Waals surface area contributed by atoms with Crippen molar-refractivity contribution in [1.82, 2.24) is 30.6 Å². The van der Waals surface area contributed by atoms with Crippen molar-refractivity contribution < 1.29 is 14.7 Å². The van der Waals surface area contributed by atoms with E-state index in [1.165, 1.54) is 4.63 Å². The van der Waals surface area contributed by atoms with Gasteiger partial charge in [-0.2, -0.15) is 0 Å². The highest BCUT2D eigenvalue weighted by atomic mass is 16.4. The highest BCUT2D eigenvalue weighted by Gasteiger charge is 2.28. The minimum atomic E-state index is -0.946. The minimum Gasteiger partial charge on any atom is -0.481 e. The van der Waals surface area contributed by atoms with Gasteiger partial charge in [-0.15, -0.1) is 14.8 Å². The Morgan fingerprint density at radius 3 is 2.62 bits per heavy atom. The highest BCUT2D eigenvalue weighted by Crippen LogP contribution is 2.24. The average molecular weight is 395 g/mol. The average Bonchev–Trinajstić information content (AvgIpc) is 3.21. The molecule has 0 saturated carbocycles. The van der Waals surface area contributed by atoms with Gasteiger partial charge in [-0.05, 0) is 41.0 Å². The van der Waals surface area contributed by atoms with E-state index in [9.17, 15) is 14.7 Å². The lowest BCUT2D eigenvalue weighted by Gasteiger charge is -2.32. The second kappa shape index (κ2) is 8.21. The molecule has 1 aliphatic rings. The Bertz CT molecular complexity index is 999. The van der Waals surface area contributed by atoms with Crippen molar-refractivity contribution in [3.05, 3.63) is 48.0 Å². The van der Waals surface area contributed by atoms with E-state index in [0.29, 0.717) is 31.6 Å². The van der Waals surface area contributed by atoms with Gasteiger partial charge in [-0.1, -0.05) is 30.3 Å². The monoisotopic (exact) mass is 395 g/mol. The molecule has 10 nitrogen and oxygen atoms in total. The van der Waals surface area contributed by atoms with E-state index < -0.39 is 12.0 Å². The van der Waals surface area contributed by atoms with E-state index in [2.05, 4.69) is 30.8 Å². The van der Waals surface area contributed by atoms with Gasteiger partial charge in [-0.25, -0.2) is 0 Å². The molecule has 0 aliphatic carbocycles. The zero-order valence-corrected chi connectivity index (χ0v) is 15.7. The van der Waals surface area contributed by atoms with Gasteiger partial charge in [0.15, 0.2) is 11.5 Å². The molecule has 29 heavy (non-hydrogen) atoms. The summed E-state index contributed by atoms with van der Waals surface area (Å²) in [4.78, 5) is 26.1. The lowest BCUT2D eigenvalue weighted by Crippen LogP contribution is -2.42. The van der Waals surface area contributed by atoms with Crippen LogP contribution in [0, 0.1) is 5.92 Å². The van der Waals surface area contributed by atoms with Gasteiger partial charge in [0.05, 0.1) is 12.5 Å². The fourth-order valence-electron chi connectivity index (χ4n) is 3.58. The van der Waals surface area contributed by atoms with Crippen LogP contribution in [0.4, 0.5) is 5.82 Å². The number of carboxylic acid groups (broad SMARTS) is 1. The molecule has 150 valence electrons. The van der Waals surface area contributed by atoms with Gasteiger partial charge >= 0.3 is 5.97 Å². The molecule has 4 rings (SSSR count). The summed E-state index contributed by atoms with van der Waals surface area (Å²) in [5.74, 6) is -0.457. The van der Waals surface area contributed by atoms with Crippen molar-refractivity contribution in [2.24, 2.45) is 5.92 Å². The molecule has 3 heterocycles. The standard InChI is InChI=1S/C19H21N7O3/c27-18(28)12-15(13-4-2-1-3-5-13)20-19(29)14-8-10-25(11-9-14)17-7-6-16-21-23-24-26(16)22-17/h1-7,14-15H,8-12H2,(H,20,29)(H,27,28). The molecular formula is C19H21N7O3. The van der Waals surface area contributed by atoms with Crippen LogP contribution in [0.25, 0.3) is 5.65 Å². The predicted octanol–water partition coefficient (Wildman–Crippen LogP) is 1.07. The Hall–Kier alpha value is -3.56. The molecule has 1 aromatic carbocycles. The SMILES string of the molecule is O=C(O)CC(NC(=O)C1CCN(c2ccc3nnnn3n2)CC1)c1ccccc1. The van der Waals surface area contributed by atoms with Gasteiger partial charge in [0.25, 0.3) is 0 Å². The number of fused-ring (bicyclic) bond motifs is 1. The Balaban J connectivity index is 1.38. The molecule has 1 fully saturated rings. The third-order valence-electron chi connectivity index (χ3n) is 5.14. The number of carbonyl (C=O) groups is 2. The minimum absolute atomic E-state index is 0.108. The van der Waals surface area contributed by atoms with E-state index in [4.69, 9.17) is 0 Å². The normalized spacial score (nSPS) is 15.9. The number of aliphatic carboxylic acids is 1. The molecule has 2 aromatic heterocycles. The summed E-state index contributed by atoms with van der Waals surface area (Å²) in [5, 5.41) is 27.8. The summed E-state index contributed by atoms with van der Waals surface area (Å²) in [6, 6.07) is 12.3. The lowest BCUT2D eigenvalue weighted by molar-refractivity contribution is -0.138. The maximum Gasteiger partial charge on any atom is 0.305 e. The Labute approximate surface area is 166 Å².